The van der Waals surface area contributed by atoms with Gasteiger partial charge in [-0.25, -0.2) is 14.6 Å². The largest absolute Gasteiger partial charge is 0.329 e. The van der Waals surface area contributed by atoms with Crippen molar-refractivity contribution in [2.75, 3.05) is 13.1 Å². The molecule has 0 fully saturated rings. The van der Waals surface area contributed by atoms with E-state index in [9.17, 15) is 10.1 Å². The third kappa shape index (κ3) is 3.36. The molecule has 9 heteroatoms. The Morgan fingerprint density at radius 1 is 1.21 bits per heavy atom. The summed E-state index contributed by atoms with van der Waals surface area (Å²) in [5.74, 6) is 1.45. The van der Waals surface area contributed by atoms with Crippen LogP contribution in [0.15, 0.2) is 24.4 Å². The molecule has 0 aliphatic rings. The van der Waals surface area contributed by atoms with Crippen molar-refractivity contribution in [2.45, 2.75) is 34.2 Å². The summed E-state index contributed by atoms with van der Waals surface area (Å²) >= 11 is 1.65. The van der Waals surface area contributed by atoms with Crippen LogP contribution in [0.5, 0.6) is 0 Å². The van der Waals surface area contributed by atoms with Crippen LogP contribution >= 0.6 is 11.3 Å². The SMILES string of the molecule is CC[NH+](CC)Cc1nc(-n2ncc3ccc([N+](=O)[O-])cc32)c2c(C)c(C)sc2n1. The highest BCUT2D eigenvalue weighted by Gasteiger charge is 2.20. The highest BCUT2D eigenvalue weighted by Crippen LogP contribution is 2.33. The number of non-ortho nitro benzene ring substituents is 1. The maximum atomic E-state index is 11.3. The summed E-state index contributed by atoms with van der Waals surface area (Å²) in [5.41, 5.74) is 1.83. The van der Waals surface area contributed by atoms with Crippen molar-refractivity contribution in [3.05, 3.63) is 50.8 Å². The number of nitro groups is 1. The van der Waals surface area contributed by atoms with Crippen molar-refractivity contribution in [3.63, 3.8) is 0 Å². The fourth-order valence-electron chi connectivity index (χ4n) is 3.52. The summed E-state index contributed by atoms with van der Waals surface area (Å²) in [7, 11) is 0. The molecule has 0 saturated heterocycles. The van der Waals surface area contributed by atoms with Crippen LogP contribution in [0.25, 0.3) is 26.9 Å². The molecule has 4 aromatic rings. The number of quaternary nitrogens is 1. The zero-order chi connectivity index (χ0) is 20.7. The lowest BCUT2D eigenvalue weighted by Gasteiger charge is -2.15. The van der Waals surface area contributed by atoms with Crippen LogP contribution < -0.4 is 4.90 Å². The lowest BCUT2D eigenvalue weighted by Crippen LogP contribution is -3.10. The summed E-state index contributed by atoms with van der Waals surface area (Å²) < 4.78 is 1.71. The molecule has 1 N–H and O–H groups in total. The first kappa shape index (κ1) is 19.4. The molecule has 3 aromatic heterocycles. The van der Waals surface area contributed by atoms with Crippen molar-refractivity contribution >= 4 is 38.1 Å². The summed E-state index contributed by atoms with van der Waals surface area (Å²) in [4.78, 5) is 24.1. The quantitative estimate of drug-likeness (QED) is 0.389. The first-order chi connectivity index (χ1) is 13.9. The molecule has 0 saturated carbocycles. The lowest BCUT2D eigenvalue weighted by atomic mass is 10.2. The van der Waals surface area contributed by atoms with Gasteiger partial charge in [0.2, 0.25) is 0 Å². The summed E-state index contributed by atoms with van der Waals surface area (Å²) in [6.45, 7) is 11.2. The number of nitrogens with one attached hydrogen (secondary N) is 1. The van der Waals surface area contributed by atoms with E-state index in [1.807, 2.05) is 0 Å². The highest BCUT2D eigenvalue weighted by molar-refractivity contribution is 7.18. The molecular weight excluding hydrogens is 388 g/mol. The Hall–Kier alpha value is -2.91. The fourth-order valence-corrected chi connectivity index (χ4v) is 4.56. The fraction of sp³-hybridized carbons (Fsp3) is 0.350. The van der Waals surface area contributed by atoms with E-state index in [0.29, 0.717) is 11.3 Å². The maximum Gasteiger partial charge on any atom is 0.271 e. The van der Waals surface area contributed by atoms with E-state index in [1.165, 1.54) is 15.8 Å². The zero-order valence-corrected chi connectivity index (χ0v) is 17.7. The predicted octanol–water partition coefficient (Wildman–Crippen LogP) is 2.98. The first-order valence-electron chi connectivity index (χ1n) is 9.65. The van der Waals surface area contributed by atoms with Crippen LogP contribution in [0, 0.1) is 24.0 Å². The van der Waals surface area contributed by atoms with Gasteiger partial charge in [0.1, 0.15) is 11.4 Å². The molecule has 0 unspecified atom stereocenters. The van der Waals surface area contributed by atoms with Gasteiger partial charge in [-0.05, 0) is 39.3 Å². The second-order valence-corrected chi connectivity index (χ2v) is 8.32. The lowest BCUT2D eigenvalue weighted by molar-refractivity contribution is -0.910. The topological polar surface area (TPSA) is 91.2 Å². The molecular formula is C20H23N6O2S+. The van der Waals surface area contributed by atoms with E-state index in [2.05, 4.69) is 32.8 Å². The van der Waals surface area contributed by atoms with Gasteiger partial charge in [0.25, 0.3) is 5.69 Å². The third-order valence-corrected chi connectivity index (χ3v) is 6.53. The number of nitrogens with zero attached hydrogens (tertiary/aromatic N) is 5. The van der Waals surface area contributed by atoms with Crippen LogP contribution in [0.1, 0.15) is 30.1 Å². The summed E-state index contributed by atoms with van der Waals surface area (Å²) in [5, 5.41) is 17.6. The van der Waals surface area contributed by atoms with Gasteiger partial charge in [-0.15, -0.1) is 11.3 Å². The van der Waals surface area contributed by atoms with Gasteiger partial charge < -0.3 is 4.90 Å². The van der Waals surface area contributed by atoms with E-state index >= 15 is 0 Å². The number of aryl methyl sites for hydroxylation is 2. The van der Waals surface area contributed by atoms with Gasteiger partial charge >= 0.3 is 0 Å². The Morgan fingerprint density at radius 2 is 1.97 bits per heavy atom. The first-order valence-corrected chi connectivity index (χ1v) is 10.5. The van der Waals surface area contributed by atoms with Gasteiger partial charge in [-0.1, -0.05) is 0 Å². The Morgan fingerprint density at radius 3 is 2.66 bits per heavy atom. The van der Waals surface area contributed by atoms with Crippen molar-refractivity contribution in [2.24, 2.45) is 0 Å². The Balaban J connectivity index is 1.98. The second kappa shape index (κ2) is 7.49. The summed E-state index contributed by atoms with van der Waals surface area (Å²) in [6.07, 6.45) is 1.72. The number of benzene rings is 1. The third-order valence-electron chi connectivity index (χ3n) is 5.43. The van der Waals surface area contributed by atoms with Gasteiger partial charge in [-0.3, -0.25) is 10.1 Å². The van der Waals surface area contributed by atoms with Crippen molar-refractivity contribution in [3.8, 4) is 5.82 Å². The Bertz CT molecular complexity index is 1220. The highest BCUT2D eigenvalue weighted by atomic mass is 32.1. The monoisotopic (exact) mass is 411 g/mol. The predicted molar refractivity (Wildman–Crippen MR) is 114 cm³/mol. The molecule has 0 atom stereocenters. The van der Waals surface area contributed by atoms with E-state index in [0.717, 1.165) is 46.6 Å². The number of thiophene rings is 1. The summed E-state index contributed by atoms with van der Waals surface area (Å²) in [6, 6.07) is 4.78. The number of hydrogen-bond donors (Lipinski definition) is 1. The van der Waals surface area contributed by atoms with Crippen LogP contribution in [0.3, 0.4) is 0 Å². The molecule has 0 aliphatic carbocycles. The molecule has 0 aliphatic heterocycles. The number of rotatable bonds is 6. The maximum absolute atomic E-state index is 11.3. The van der Waals surface area contributed by atoms with E-state index < -0.39 is 0 Å². The molecule has 0 bridgehead atoms. The van der Waals surface area contributed by atoms with Crippen molar-refractivity contribution in [1.29, 1.82) is 0 Å². The van der Waals surface area contributed by atoms with E-state index in [4.69, 9.17) is 9.97 Å². The van der Waals surface area contributed by atoms with E-state index in [-0.39, 0.29) is 10.6 Å². The van der Waals surface area contributed by atoms with Crippen LogP contribution in [0.4, 0.5) is 5.69 Å². The number of nitro benzene ring substituents is 1. The normalized spacial score (nSPS) is 11.8. The average Bonchev–Trinajstić information content (AvgIpc) is 3.26. The zero-order valence-electron chi connectivity index (χ0n) is 16.9. The van der Waals surface area contributed by atoms with Gasteiger partial charge in [-0.2, -0.15) is 5.10 Å². The van der Waals surface area contributed by atoms with Crippen LogP contribution in [-0.4, -0.2) is 37.8 Å². The molecule has 4 rings (SSSR count). The van der Waals surface area contributed by atoms with Gasteiger partial charge in [0, 0.05) is 22.4 Å². The van der Waals surface area contributed by atoms with Gasteiger partial charge in [0.05, 0.1) is 35.1 Å². The second-order valence-electron chi connectivity index (χ2n) is 7.12. The molecule has 1 aromatic carbocycles. The molecule has 8 nitrogen and oxygen atoms in total. The standard InChI is InChI=1S/C20H22N6O2S/c1-5-24(6-2)11-17-22-19(18-12(3)13(4)29-20(18)23-17)25-16-9-15(26(27)28)8-7-14(16)10-21-25/h7-10H,5-6,11H2,1-4H3/p+1. The van der Waals surface area contributed by atoms with Crippen molar-refractivity contribution < 1.29 is 9.82 Å². The Kier molecular flexibility index (Phi) is 5.01. The minimum Gasteiger partial charge on any atom is -0.329 e. The molecule has 0 spiro atoms. The molecule has 150 valence electrons. The van der Waals surface area contributed by atoms with Gasteiger partial charge in [0.15, 0.2) is 11.6 Å². The van der Waals surface area contributed by atoms with Crippen LogP contribution in [0.2, 0.25) is 0 Å². The van der Waals surface area contributed by atoms with Crippen LogP contribution in [-0.2, 0) is 6.54 Å². The smallest absolute Gasteiger partial charge is 0.271 e. The number of aromatic nitrogens is 4. The molecule has 0 amide bonds. The minimum atomic E-state index is -0.387. The average molecular weight is 412 g/mol. The molecule has 29 heavy (non-hydrogen) atoms. The molecule has 3 heterocycles. The Labute approximate surface area is 172 Å². The van der Waals surface area contributed by atoms with Crippen molar-refractivity contribution in [1.82, 2.24) is 19.7 Å². The molecule has 0 radical (unpaired) electrons. The number of fused-ring (bicyclic) bond motifs is 2. The van der Waals surface area contributed by atoms with E-state index in [1.54, 1.807) is 34.3 Å². The number of hydrogen-bond acceptors (Lipinski definition) is 6. The minimum absolute atomic E-state index is 0.0376.